The van der Waals surface area contributed by atoms with Gasteiger partial charge in [-0.25, -0.2) is 0 Å². The van der Waals surface area contributed by atoms with E-state index in [1.54, 1.807) is 40.8 Å². The fourth-order valence-corrected chi connectivity index (χ4v) is 4.88. The molecule has 0 aliphatic heterocycles. The Bertz CT molecular complexity index is 1110. The molecule has 2 saturated carbocycles. The minimum absolute atomic E-state index is 0.00631. The van der Waals surface area contributed by atoms with Crippen molar-refractivity contribution in [2.24, 2.45) is 11.8 Å². The molecule has 8 nitrogen and oxygen atoms in total. The summed E-state index contributed by atoms with van der Waals surface area (Å²) in [5, 5.41) is 3.51. The Morgan fingerprint density at radius 3 is 2.49 bits per heavy atom. The zero-order chi connectivity index (χ0) is 24.9. The summed E-state index contributed by atoms with van der Waals surface area (Å²) in [5.74, 6) is -1.07. The van der Waals surface area contributed by atoms with E-state index >= 15 is 0 Å². The summed E-state index contributed by atoms with van der Waals surface area (Å²) in [4.78, 5) is 53.2. The van der Waals surface area contributed by atoms with E-state index < -0.39 is 17.7 Å². The highest BCUT2D eigenvalue weighted by Gasteiger charge is 2.31. The summed E-state index contributed by atoms with van der Waals surface area (Å²) in [7, 11) is 0. The minimum Gasteiger partial charge on any atom is -0.465 e. The van der Waals surface area contributed by atoms with Crippen LogP contribution in [0, 0.1) is 11.8 Å². The lowest BCUT2D eigenvalue weighted by Crippen LogP contribution is -2.38. The maximum atomic E-state index is 13.4. The average Bonchev–Trinajstić information content (AvgIpc) is 3.35. The first-order valence-corrected chi connectivity index (χ1v) is 12.8. The number of aromatic nitrogens is 1. The SMILES string of the molecule is CCCN(CC1CC1)C(=O)C(=O)c1cn(CC(=O)OCC)c2ccc(NC(=O)C3CCCC3)cc12. The molecular formula is C27H35N3O5. The van der Waals surface area contributed by atoms with Gasteiger partial charge in [0.25, 0.3) is 11.7 Å². The Hall–Kier alpha value is -3.16. The van der Waals surface area contributed by atoms with Crippen LogP contribution in [0.25, 0.3) is 10.9 Å². The first-order chi connectivity index (χ1) is 16.9. The molecule has 1 aromatic carbocycles. The highest BCUT2D eigenvalue weighted by atomic mass is 16.5. The largest absolute Gasteiger partial charge is 0.465 e. The number of ether oxygens (including phenoxy) is 1. The Labute approximate surface area is 206 Å². The van der Waals surface area contributed by atoms with Crippen molar-refractivity contribution in [1.29, 1.82) is 0 Å². The first kappa shape index (κ1) is 24.9. The van der Waals surface area contributed by atoms with Gasteiger partial charge in [-0.2, -0.15) is 0 Å². The first-order valence-electron chi connectivity index (χ1n) is 12.8. The number of rotatable bonds is 11. The molecule has 1 N–H and O–H groups in total. The molecule has 0 radical (unpaired) electrons. The lowest BCUT2D eigenvalue weighted by molar-refractivity contribution is -0.143. The van der Waals surface area contributed by atoms with Crippen LogP contribution >= 0.6 is 0 Å². The molecule has 0 atom stereocenters. The number of nitrogens with zero attached hydrogens (tertiary/aromatic N) is 2. The van der Waals surface area contributed by atoms with Gasteiger partial charge in [0.2, 0.25) is 5.91 Å². The maximum Gasteiger partial charge on any atom is 0.325 e. The van der Waals surface area contributed by atoms with Gasteiger partial charge in [-0.05, 0) is 63.1 Å². The summed E-state index contributed by atoms with van der Waals surface area (Å²) < 4.78 is 6.73. The van der Waals surface area contributed by atoms with Gasteiger partial charge in [-0.15, -0.1) is 0 Å². The molecule has 8 heteroatoms. The van der Waals surface area contributed by atoms with Gasteiger partial charge in [0.05, 0.1) is 12.2 Å². The van der Waals surface area contributed by atoms with Crippen LogP contribution in [0.2, 0.25) is 0 Å². The van der Waals surface area contributed by atoms with Crippen molar-refractivity contribution in [2.75, 3.05) is 25.0 Å². The number of fused-ring (bicyclic) bond motifs is 1. The summed E-state index contributed by atoms with van der Waals surface area (Å²) in [6.07, 6.45) is 8.40. The smallest absolute Gasteiger partial charge is 0.325 e. The van der Waals surface area contributed by atoms with E-state index in [9.17, 15) is 19.2 Å². The fraction of sp³-hybridized carbons (Fsp3) is 0.556. The number of Topliss-reactive ketones (excluding diaryl/α,β-unsaturated/α-hetero) is 1. The number of anilines is 1. The van der Waals surface area contributed by atoms with Gasteiger partial charge >= 0.3 is 5.97 Å². The van der Waals surface area contributed by atoms with Crippen LogP contribution in [0.3, 0.4) is 0 Å². The number of hydrogen-bond acceptors (Lipinski definition) is 5. The topological polar surface area (TPSA) is 97.7 Å². The van der Waals surface area contributed by atoms with Gasteiger partial charge in [0.15, 0.2) is 0 Å². The Morgan fingerprint density at radius 1 is 1.09 bits per heavy atom. The van der Waals surface area contributed by atoms with Crippen LogP contribution in [0.5, 0.6) is 0 Å². The summed E-state index contributed by atoms with van der Waals surface area (Å²) in [5.41, 5.74) is 1.45. The van der Waals surface area contributed by atoms with E-state index in [1.807, 2.05) is 6.92 Å². The van der Waals surface area contributed by atoms with E-state index in [0.717, 1.165) is 44.9 Å². The lowest BCUT2D eigenvalue weighted by Gasteiger charge is -2.21. The van der Waals surface area contributed by atoms with Crippen molar-refractivity contribution in [2.45, 2.75) is 65.3 Å². The van der Waals surface area contributed by atoms with Crippen LogP contribution in [0.1, 0.15) is 69.2 Å². The van der Waals surface area contributed by atoms with Crippen LogP contribution in [-0.2, 0) is 25.7 Å². The third-order valence-electron chi connectivity index (χ3n) is 6.87. The molecule has 0 saturated heterocycles. The van der Waals surface area contributed by atoms with Crippen molar-refractivity contribution in [3.8, 4) is 0 Å². The molecule has 2 fully saturated rings. The molecule has 35 heavy (non-hydrogen) atoms. The number of carbonyl (C=O) groups excluding carboxylic acids is 4. The molecule has 4 rings (SSSR count). The van der Waals surface area contributed by atoms with Crippen molar-refractivity contribution >= 4 is 40.2 Å². The number of esters is 1. The molecule has 2 aromatic rings. The number of ketones is 1. The van der Waals surface area contributed by atoms with Crippen molar-refractivity contribution in [3.05, 3.63) is 30.0 Å². The van der Waals surface area contributed by atoms with Gasteiger partial charge in [-0.1, -0.05) is 19.8 Å². The van der Waals surface area contributed by atoms with Gasteiger partial charge < -0.3 is 19.5 Å². The third-order valence-corrected chi connectivity index (χ3v) is 6.87. The Balaban J connectivity index is 1.65. The number of amides is 2. The highest BCUT2D eigenvalue weighted by Crippen LogP contribution is 2.31. The summed E-state index contributed by atoms with van der Waals surface area (Å²) >= 11 is 0. The number of benzene rings is 1. The second-order valence-electron chi connectivity index (χ2n) is 9.70. The standard InChI is InChI=1S/C27H35N3O5/c1-3-13-29(15-18-9-10-18)27(34)25(32)22-16-30(17-24(31)35-4-2)23-12-11-20(14-21(22)23)28-26(33)19-7-5-6-8-19/h11-12,14,16,18-19H,3-10,13,15,17H2,1-2H3,(H,28,33). The van der Waals surface area contributed by atoms with E-state index in [0.29, 0.717) is 35.6 Å². The fourth-order valence-electron chi connectivity index (χ4n) is 4.88. The van der Waals surface area contributed by atoms with Crippen molar-refractivity contribution in [1.82, 2.24) is 9.47 Å². The second-order valence-corrected chi connectivity index (χ2v) is 9.70. The van der Waals surface area contributed by atoms with E-state index in [2.05, 4.69) is 5.32 Å². The van der Waals surface area contributed by atoms with E-state index in [-0.39, 0.29) is 30.5 Å². The molecule has 0 unspecified atom stereocenters. The second kappa shape index (κ2) is 11.1. The molecule has 0 bridgehead atoms. The Kier molecular flexibility index (Phi) is 7.88. The number of carbonyl (C=O) groups is 4. The highest BCUT2D eigenvalue weighted by molar-refractivity contribution is 6.45. The predicted octanol–water partition coefficient (Wildman–Crippen LogP) is 4.16. The van der Waals surface area contributed by atoms with Crippen LogP contribution in [0.15, 0.2) is 24.4 Å². The predicted molar refractivity (Wildman–Crippen MR) is 133 cm³/mol. The summed E-state index contributed by atoms with van der Waals surface area (Å²) in [6, 6.07) is 5.27. The molecular weight excluding hydrogens is 446 g/mol. The number of hydrogen-bond donors (Lipinski definition) is 1. The van der Waals surface area contributed by atoms with Crippen LogP contribution in [-0.4, -0.2) is 52.7 Å². The summed E-state index contributed by atoms with van der Waals surface area (Å²) in [6.45, 7) is 5.05. The maximum absolute atomic E-state index is 13.4. The molecule has 0 spiro atoms. The normalized spacial score (nSPS) is 15.8. The number of nitrogens with one attached hydrogen (secondary N) is 1. The average molecular weight is 482 g/mol. The van der Waals surface area contributed by atoms with Crippen molar-refractivity contribution < 1.29 is 23.9 Å². The van der Waals surface area contributed by atoms with Crippen LogP contribution in [0.4, 0.5) is 5.69 Å². The van der Waals surface area contributed by atoms with Crippen molar-refractivity contribution in [3.63, 3.8) is 0 Å². The van der Waals surface area contributed by atoms with Crippen LogP contribution < -0.4 is 5.32 Å². The molecule has 188 valence electrons. The quantitative estimate of drug-likeness (QED) is 0.295. The van der Waals surface area contributed by atoms with E-state index in [4.69, 9.17) is 4.74 Å². The monoisotopic (exact) mass is 481 g/mol. The third kappa shape index (κ3) is 5.92. The lowest BCUT2D eigenvalue weighted by atomic mass is 10.1. The van der Waals surface area contributed by atoms with Gasteiger partial charge in [0.1, 0.15) is 6.54 Å². The Morgan fingerprint density at radius 2 is 1.83 bits per heavy atom. The molecule has 1 heterocycles. The van der Waals surface area contributed by atoms with Gasteiger partial charge in [0, 0.05) is 41.8 Å². The van der Waals surface area contributed by atoms with E-state index in [1.165, 1.54) is 0 Å². The minimum atomic E-state index is -0.592. The molecule has 2 aliphatic rings. The zero-order valence-electron chi connectivity index (χ0n) is 20.7. The molecule has 2 aliphatic carbocycles. The molecule has 1 aromatic heterocycles. The van der Waals surface area contributed by atoms with Gasteiger partial charge in [-0.3, -0.25) is 19.2 Å². The molecule has 2 amide bonds. The zero-order valence-corrected chi connectivity index (χ0v) is 20.7.